The van der Waals surface area contributed by atoms with Gasteiger partial charge in [-0.1, -0.05) is 11.6 Å². The second-order valence-corrected chi connectivity index (χ2v) is 3.83. The number of aryl methyl sites for hydroxylation is 1. The highest BCUT2D eigenvalue weighted by Gasteiger charge is 2.11. The SMILES string of the molecule is COC(=O)c1cc(C)c(Cl)cc1Br. The number of carbonyl (C=O) groups is 1. The molecule has 0 N–H and O–H groups in total. The molecule has 4 heteroatoms. The zero-order chi connectivity index (χ0) is 10.0. The summed E-state index contributed by atoms with van der Waals surface area (Å²) in [6, 6.07) is 3.38. The molecule has 0 aliphatic rings. The molecule has 0 saturated heterocycles. The van der Waals surface area contributed by atoms with Crippen LogP contribution in [0.25, 0.3) is 0 Å². The van der Waals surface area contributed by atoms with Crippen molar-refractivity contribution in [3.8, 4) is 0 Å². The maximum absolute atomic E-state index is 11.2. The molecule has 0 unspecified atom stereocenters. The first-order chi connectivity index (χ1) is 6.06. The first-order valence-corrected chi connectivity index (χ1v) is 4.77. The van der Waals surface area contributed by atoms with Gasteiger partial charge < -0.3 is 4.74 Å². The molecule has 0 aliphatic carbocycles. The molecule has 70 valence electrons. The van der Waals surface area contributed by atoms with Crippen LogP contribution in [-0.2, 0) is 4.74 Å². The third-order valence-electron chi connectivity index (χ3n) is 1.65. The van der Waals surface area contributed by atoms with Gasteiger partial charge in [0, 0.05) is 9.50 Å². The minimum atomic E-state index is -0.369. The first-order valence-electron chi connectivity index (χ1n) is 3.60. The zero-order valence-electron chi connectivity index (χ0n) is 7.23. The maximum Gasteiger partial charge on any atom is 0.339 e. The van der Waals surface area contributed by atoms with Crippen LogP contribution in [0.5, 0.6) is 0 Å². The summed E-state index contributed by atoms with van der Waals surface area (Å²) >= 11 is 9.09. The van der Waals surface area contributed by atoms with E-state index in [1.807, 2.05) is 6.92 Å². The highest BCUT2D eigenvalue weighted by molar-refractivity contribution is 9.10. The molecular formula is C9H8BrClO2. The number of benzene rings is 1. The van der Waals surface area contributed by atoms with Gasteiger partial charge in [-0.25, -0.2) is 4.79 Å². The minimum absolute atomic E-state index is 0.369. The Morgan fingerprint density at radius 3 is 2.69 bits per heavy atom. The lowest BCUT2D eigenvalue weighted by Gasteiger charge is -2.04. The lowest BCUT2D eigenvalue weighted by Crippen LogP contribution is -2.02. The van der Waals surface area contributed by atoms with Crippen molar-refractivity contribution in [3.05, 3.63) is 32.8 Å². The van der Waals surface area contributed by atoms with E-state index >= 15 is 0 Å². The number of ether oxygens (including phenoxy) is 1. The summed E-state index contributed by atoms with van der Waals surface area (Å²) in [5, 5.41) is 0.625. The fourth-order valence-electron chi connectivity index (χ4n) is 0.924. The van der Waals surface area contributed by atoms with Crippen LogP contribution in [0, 0.1) is 6.92 Å². The van der Waals surface area contributed by atoms with Gasteiger partial charge in [0.25, 0.3) is 0 Å². The van der Waals surface area contributed by atoms with E-state index in [-0.39, 0.29) is 5.97 Å². The highest BCUT2D eigenvalue weighted by atomic mass is 79.9. The van der Waals surface area contributed by atoms with Gasteiger partial charge in [-0.2, -0.15) is 0 Å². The Morgan fingerprint density at radius 2 is 2.15 bits per heavy atom. The molecule has 0 atom stereocenters. The Morgan fingerprint density at radius 1 is 1.54 bits per heavy atom. The summed E-state index contributed by atoms with van der Waals surface area (Å²) in [5.41, 5.74) is 1.34. The molecule has 13 heavy (non-hydrogen) atoms. The lowest BCUT2D eigenvalue weighted by molar-refractivity contribution is 0.0599. The Kier molecular flexibility index (Phi) is 3.33. The van der Waals surface area contributed by atoms with Crippen LogP contribution < -0.4 is 0 Å². The molecule has 0 fully saturated rings. The van der Waals surface area contributed by atoms with Crippen LogP contribution in [0.2, 0.25) is 5.02 Å². The zero-order valence-corrected chi connectivity index (χ0v) is 9.57. The van der Waals surface area contributed by atoms with Crippen molar-refractivity contribution in [1.29, 1.82) is 0 Å². The van der Waals surface area contributed by atoms with Crippen molar-refractivity contribution in [1.82, 2.24) is 0 Å². The van der Waals surface area contributed by atoms with Crippen molar-refractivity contribution in [2.75, 3.05) is 7.11 Å². The summed E-state index contributed by atoms with van der Waals surface area (Å²) in [5.74, 6) is -0.369. The lowest BCUT2D eigenvalue weighted by atomic mass is 10.1. The van der Waals surface area contributed by atoms with E-state index in [9.17, 15) is 4.79 Å². The molecule has 0 aliphatic heterocycles. The van der Waals surface area contributed by atoms with Crippen LogP contribution in [0.1, 0.15) is 15.9 Å². The van der Waals surface area contributed by atoms with Gasteiger partial charge in [0.05, 0.1) is 12.7 Å². The van der Waals surface area contributed by atoms with Gasteiger partial charge in [0.15, 0.2) is 0 Å². The van der Waals surface area contributed by atoms with Gasteiger partial charge in [-0.15, -0.1) is 0 Å². The number of methoxy groups -OCH3 is 1. The van der Waals surface area contributed by atoms with E-state index in [1.165, 1.54) is 7.11 Å². The number of hydrogen-bond acceptors (Lipinski definition) is 2. The Bertz CT molecular complexity index is 350. The van der Waals surface area contributed by atoms with Crippen molar-refractivity contribution >= 4 is 33.5 Å². The van der Waals surface area contributed by atoms with Crippen LogP contribution in [0.15, 0.2) is 16.6 Å². The van der Waals surface area contributed by atoms with E-state index in [0.717, 1.165) is 5.56 Å². The van der Waals surface area contributed by atoms with Crippen molar-refractivity contribution in [2.24, 2.45) is 0 Å². The van der Waals surface area contributed by atoms with Gasteiger partial charge in [-0.3, -0.25) is 0 Å². The topological polar surface area (TPSA) is 26.3 Å². The van der Waals surface area contributed by atoms with Crippen molar-refractivity contribution < 1.29 is 9.53 Å². The Labute approximate surface area is 90.0 Å². The number of esters is 1. The molecule has 1 rings (SSSR count). The van der Waals surface area contributed by atoms with Gasteiger partial charge in [0.2, 0.25) is 0 Å². The number of carbonyl (C=O) groups excluding carboxylic acids is 1. The van der Waals surface area contributed by atoms with E-state index in [2.05, 4.69) is 20.7 Å². The molecule has 0 amide bonds. The van der Waals surface area contributed by atoms with Crippen LogP contribution in [0.4, 0.5) is 0 Å². The van der Waals surface area contributed by atoms with Crippen molar-refractivity contribution in [3.63, 3.8) is 0 Å². The van der Waals surface area contributed by atoms with E-state index < -0.39 is 0 Å². The molecule has 0 radical (unpaired) electrons. The second kappa shape index (κ2) is 4.11. The molecule has 0 aromatic heterocycles. The summed E-state index contributed by atoms with van der Waals surface area (Å²) in [7, 11) is 1.35. The predicted molar refractivity (Wildman–Crippen MR) is 55.2 cm³/mol. The third kappa shape index (κ3) is 2.23. The van der Waals surface area contributed by atoms with Crippen molar-refractivity contribution in [2.45, 2.75) is 6.92 Å². The average Bonchev–Trinajstić information content (AvgIpc) is 2.10. The average molecular weight is 264 g/mol. The molecule has 0 spiro atoms. The van der Waals surface area contributed by atoms with Gasteiger partial charge in [-0.05, 0) is 40.5 Å². The molecule has 1 aromatic rings. The monoisotopic (exact) mass is 262 g/mol. The predicted octanol–water partition coefficient (Wildman–Crippen LogP) is 3.20. The summed E-state index contributed by atoms with van der Waals surface area (Å²) in [6.45, 7) is 1.83. The number of hydrogen-bond donors (Lipinski definition) is 0. The summed E-state index contributed by atoms with van der Waals surface area (Å²) in [6.07, 6.45) is 0. The quantitative estimate of drug-likeness (QED) is 0.727. The number of rotatable bonds is 1. The highest BCUT2D eigenvalue weighted by Crippen LogP contribution is 2.25. The Balaban J connectivity index is 3.23. The van der Waals surface area contributed by atoms with Crippen LogP contribution >= 0.6 is 27.5 Å². The molecule has 0 bridgehead atoms. The normalized spacial score (nSPS) is 9.85. The first kappa shape index (κ1) is 10.5. The standard InChI is InChI=1S/C9H8BrClO2/c1-5-3-6(9(12)13-2)7(10)4-8(5)11/h3-4H,1-2H3. The van der Waals surface area contributed by atoms with Gasteiger partial charge in [0.1, 0.15) is 0 Å². The second-order valence-electron chi connectivity index (χ2n) is 2.57. The minimum Gasteiger partial charge on any atom is -0.465 e. The summed E-state index contributed by atoms with van der Waals surface area (Å²) < 4.78 is 5.25. The van der Waals surface area contributed by atoms with Crippen LogP contribution in [0.3, 0.4) is 0 Å². The van der Waals surface area contributed by atoms with E-state index in [1.54, 1.807) is 12.1 Å². The molecule has 1 aromatic carbocycles. The van der Waals surface area contributed by atoms with E-state index in [0.29, 0.717) is 15.1 Å². The fourth-order valence-corrected chi connectivity index (χ4v) is 1.72. The maximum atomic E-state index is 11.2. The molecular weight excluding hydrogens is 255 g/mol. The fraction of sp³-hybridized carbons (Fsp3) is 0.222. The van der Waals surface area contributed by atoms with Gasteiger partial charge >= 0.3 is 5.97 Å². The largest absolute Gasteiger partial charge is 0.465 e. The molecule has 0 heterocycles. The molecule has 2 nitrogen and oxygen atoms in total. The van der Waals surface area contributed by atoms with E-state index in [4.69, 9.17) is 11.6 Å². The third-order valence-corrected chi connectivity index (χ3v) is 2.72. The summed E-state index contributed by atoms with van der Waals surface area (Å²) in [4.78, 5) is 11.2. The van der Waals surface area contributed by atoms with Crippen LogP contribution in [-0.4, -0.2) is 13.1 Å². The molecule has 0 saturated carbocycles. The smallest absolute Gasteiger partial charge is 0.339 e. The number of halogens is 2. The Hall–Kier alpha value is -0.540.